The van der Waals surface area contributed by atoms with E-state index in [9.17, 15) is 9.59 Å². The van der Waals surface area contributed by atoms with E-state index in [2.05, 4.69) is 10.6 Å². The van der Waals surface area contributed by atoms with Crippen LogP contribution in [0.3, 0.4) is 0 Å². The van der Waals surface area contributed by atoms with Gasteiger partial charge in [0.15, 0.2) is 0 Å². The van der Waals surface area contributed by atoms with Crippen molar-refractivity contribution in [1.82, 2.24) is 5.32 Å². The fourth-order valence-corrected chi connectivity index (χ4v) is 1.51. The van der Waals surface area contributed by atoms with E-state index >= 15 is 0 Å². The van der Waals surface area contributed by atoms with Crippen LogP contribution in [0.4, 0.5) is 16.2 Å². The molecule has 0 fully saturated rings. The number of hydrogen-bond donors (Lipinski definition) is 3. The van der Waals surface area contributed by atoms with Gasteiger partial charge in [-0.05, 0) is 30.7 Å². The average Bonchev–Trinajstić information content (AvgIpc) is 2.36. The predicted molar refractivity (Wildman–Crippen MR) is 74.6 cm³/mol. The van der Waals surface area contributed by atoms with Crippen LogP contribution in [-0.2, 0) is 4.79 Å². The van der Waals surface area contributed by atoms with Crippen LogP contribution in [0.5, 0.6) is 0 Å². The van der Waals surface area contributed by atoms with Gasteiger partial charge >= 0.3 is 12.0 Å². The minimum atomic E-state index is -1.04. The lowest BCUT2D eigenvalue weighted by Crippen LogP contribution is -2.42. The number of urea groups is 1. The summed E-state index contributed by atoms with van der Waals surface area (Å²) in [6.07, 6.45) is 0.336. The third-order valence-electron chi connectivity index (χ3n) is 2.65. The van der Waals surface area contributed by atoms with Crippen LogP contribution < -0.4 is 15.5 Å². The lowest BCUT2D eigenvalue weighted by atomic mass is 10.2. The molecule has 0 heterocycles. The van der Waals surface area contributed by atoms with Gasteiger partial charge in [0.1, 0.15) is 6.04 Å². The molecule has 0 unspecified atom stereocenters. The Bertz CT molecular complexity index is 443. The second kappa shape index (κ2) is 6.63. The van der Waals surface area contributed by atoms with E-state index in [1.165, 1.54) is 0 Å². The number of carbonyl (C=O) groups is 2. The zero-order valence-electron chi connectivity index (χ0n) is 11.3. The fourth-order valence-electron chi connectivity index (χ4n) is 1.51. The summed E-state index contributed by atoms with van der Waals surface area (Å²) in [5, 5.41) is 13.8. The normalized spacial score (nSPS) is 11.5. The molecular weight excluding hydrogens is 246 g/mol. The number of aliphatic carboxylic acids is 1. The Hall–Kier alpha value is -2.24. The Balaban J connectivity index is 2.59. The van der Waals surface area contributed by atoms with Crippen LogP contribution in [0.15, 0.2) is 24.3 Å². The first-order valence-corrected chi connectivity index (χ1v) is 6.01. The molecule has 19 heavy (non-hydrogen) atoms. The molecule has 1 atom stereocenters. The smallest absolute Gasteiger partial charge is 0.326 e. The summed E-state index contributed by atoms with van der Waals surface area (Å²) in [5.41, 5.74) is 1.63. The molecule has 1 aromatic rings. The molecular formula is C13H19N3O3. The average molecular weight is 265 g/mol. The molecule has 6 heteroatoms. The zero-order valence-corrected chi connectivity index (χ0v) is 11.3. The molecule has 1 aromatic carbocycles. The summed E-state index contributed by atoms with van der Waals surface area (Å²) in [4.78, 5) is 24.3. The maximum atomic E-state index is 11.6. The molecule has 6 nitrogen and oxygen atoms in total. The molecule has 3 N–H and O–H groups in total. The molecule has 0 aromatic heterocycles. The van der Waals surface area contributed by atoms with E-state index in [1.807, 2.05) is 31.1 Å². The Morgan fingerprint density at radius 2 is 1.84 bits per heavy atom. The lowest BCUT2D eigenvalue weighted by molar-refractivity contribution is -0.139. The lowest BCUT2D eigenvalue weighted by Gasteiger charge is -2.15. The van der Waals surface area contributed by atoms with Crippen LogP contribution >= 0.6 is 0 Å². The second-order valence-electron chi connectivity index (χ2n) is 4.34. The molecule has 1 rings (SSSR count). The molecule has 0 spiro atoms. The van der Waals surface area contributed by atoms with Crippen LogP contribution in [0, 0.1) is 0 Å². The number of rotatable bonds is 5. The van der Waals surface area contributed by atoms with Crippen molar-refractivity contribution < 1.29 is 14.7 Å². The molecule has 0 aliphatic heterocycles. The van der Waals surface area contributed by atoms with Gasteiger partial charge in [0.05, 0.1) is 0 Å². The van der Waals surface area contributed by atoms with Gasteiger partial charge in [-0.2, -0.15) is 0 Å². The summed E-state index contributed by atoms with van der Waals surface area (Å²) >= 11 is 0. The van der Waals surface area contributed by atoms with Gasteiger partial charge in [0.2, 0.25) is 0 Å². The quantitative estimate of drug-likeness (QED) is 0.757. The Kier molecular flexibility index (Phi) is 5.17. The van der Waals surface area contributed by atoms with Crippen LogP contribution in [-0.4, -0.2) is 37.2 Å². The van der Waals surface area contributed by atoms with Crippen molar-refractivity contribution >= 4 is 23.4 Å². The van der Waals surface area contributed by atoms with Gasteiger partial charge in [-0.3, -0.25) is 0 Å². The summed E-state index contributed by atoms with van der Waals surface area (Å²) < 4.78 is 0. The highest BCUT2D eigenvalue weighted by Crippen LogP contribution is 2.15. The van der Waals surface area contributed by atoms with Crippen molar-refractivity contribution in [3.63, 3.8) is 0 Å². The minimum Gasteiger partial charge on any atom is -0.480 e. The molecule has 0 aliphatic carbocycles. The van der Waals surface area contributed by atoms with Crippen LogP contribution in [0.1, 0.15) is 13.3 Å². The highest BCUT2D eigenvalue weighted by molar-refractivity contribution is 5.92. The summed E-state index contributed by atoms with van der Waals surface area (Å²) in [6.45, 7) is 1.70. The second-order valence-corrected chi connectivity index (χ2v) is 4.34. The van der Waals surface area contributed by atoms with Gasteiger partial charge in [-0.15, -0.1) is 0 Å². The number of carboxylic acids is 1. The van der Waals surface area contributed by atoms with Gasteiger partial charge in [-0.25, -0.2) is 9.59 Å². The van der Waals surface area contributed by atoms with Crippen molar-refractivity contribution in [1.29, 1.82) is 0 Å². The fraction of sp³-hybridized carbons (Fsp3) is 0.385. The van der Waals surface area contributed by atoms with Crippen molar-refractivity contribution in [3.8, 4) is 0 Å². The van der Waals surface area contributed by atoms with Gasteiger partial charge in [-0.1, -0.05) is 6.92 Å². The minimum absolute atomic E-state index is 0.336. The number of benzene rings is 1. The van der Waals surface area contributed by atoms with Crippen LogP contribution in [0.25, 0.3) is 0 Å². The van der Waals surface area contributed by atoms with Crippen molar-refractivity contribution in [3.05, 3.63) is 24.3 Å². The summed E-state index contributed by atoms with van der Waals surface area (Å²) in [6, 6.07) is 5.86. The Morgan fingerprint density at radius 1 is 1.26 bits per heavy atom. The van der Waals surface area contributed by atoms with Gasteiger partial charge < -0.3 is 20.6 Å². The molecule has 0 aliphatic rings. The standard InChI is InChI=1S/C13H19N3O3/c1-4-11(12(17)18)15-13(19)14-9-5-7-10(8-6-9)16(2)3/h5-8,11H,4H2,1-3H3,(H,17,18)(H2,14,15,19)/t11-/m1/s1. The van der Waals surface area contributed by atoms with E-state index < -0.39 is 18.0 Å². The van der Waals surface area contributed by atoms with Crippen molar-refractivity contribution in [2.75, 3.05) is 24.3 Å². The van der Waals surface area contributed by atoms with E-state index in [4.69, 9.17) is 5.11 Å². The third-order valence-corrected chi connectivity index (χ3v) is 2.65. The number of anilines is 2. The number of amides is 2. The number of nitrogens with one attached hydrogen (secondary N) is 2. The predicted octanol–water partition coefficient (Wildman–Crippen LogP) is 1.74. The molecule has 104 valence electrons. The zero-order chi connectivity index (χ0) is 14.4. The number of hydrogen-bond acceptors (Lipinski definition) is 3. The SMILES string of the molecule is CC[C@@H](NC(=O)Nc1ccc(N(C)C)cc1)C(=O)O. The monoisotopic (exact) mass is 265 g/mol. The van der Waals surface area contributed by atoms with Crippen molar-refractivity contribution in [2.24, 2.45) is 0 Å². The highest BCUT2D eigenvalue weighted by Gasteiger charge is 2.17. The van der Waals surface area contributed by atoms with E-state index in [0.29, 0.717) is 12.1 Å². The maximum absolute atomic E-state index is 11.6. The first-order valence-electron chi connectivity index (χ1n) is 6.01. The van der Waals surface area contributed by atoms with Gasteiger partial charge in [0, 0.05) is 25.5 Å². The Morgan fingerprint density at radius 3 is 2.26 bits per heavy atom. The largest absolute Gasteiger partial charge is 0.480 e. The Labute approximate surface area is 112 Å². The van der Waals surface area contributed by atoms with E-state index in [1.54, 1.807) is 19.1 Å². The summed E-state index contributed by atoms with van der Waals surface area (Å²) in [7, 11) is 3.85. The first kappa shape index (κ1) is 14.8. The molecule has 2 amide bonds. The van der Waals surface area contributed by atoms with Crippen molar-refractivity contribution in [2.45, 2.75) is 19.4 Å². The maximum Gasteiger partial charge on any atom is 0.326 e. The third kappa shape index (κ3) is 4.50. The summed E-state index contributed by atoms with van der Waals surface area (Å²) in [5.74, 6) is -1.04. The number of carbonyl (C=O) groups excluding carboxylic acids is 1. The molecule has 0 saturated heterocycles. The number of carboxylic acid groups (broad SMARTS) is 1. The van der Waals surface area contributed by atoms with E-state index in [-0.39, 0.29) is 0 Å². The van der Waals surface area contributed by atoms with Gasteiger partial charge in [0.25, 0.3) is 0 Å². The molecule has 0 radical (unpaired) electrons. The first-order chi connectivity index (χ1) is 8.93. The van der Waals surface area contributed by atoms with E-state index in [0.717, 1.165) is 5.69 Å². The highest BCUT2D eigenvalue weighted by atomic mass is 16.4. The topological polar surface area (TPSA) is 81.7 Å². The molecule has 0 saturated carbocycles. The number of nitrogens with zero attached hydrogens (tertiary/aromatic N) is 1. The molecule has 0 bridgehead atoms. The van der Waals surface area contributed by atoms with Crippen LogP contribution in [0.2, 0.25) is 0 Å².